The van der Waals surface area contributed by atoms with Crippen molar-refractivity contribution >= 4 is 16.9 Å². The van der Waals surface area contributed by atoms with Gasteiger partial charge in [-0.25, -0.2) is 0 Å². The van der Waals surface area contributed by atoms with Crippen LogP contribution in [0, 0.1) is 6.92 Å². The van der Waals surface area contributed by atoms with Gasteiger partial charge in [-0.2, -0.15) is 0 Å². The second-order valence-electron chi connectivity index (χ2n) is 5.28. The molecule has 6 nitrogen and oxygen atoms in total. The summed E-state index contributed by atoms with van der Waals surface area (Å²) in [5, 5.41) is 8.89. The predicted molar refractivity (Wildman–Crippen MR) is 82.4 cm³/mol. The normalized spacial score (nSPS) is 11.0. The van der Waals surface area contributed by atoms with Crippen molar-refractivity contribution in [3.8, 4) is 0 Å². The molecule has 0 unspecified atom stereocenters. The lowest BCUT2D eigenvalue weighted by atomic mass is 10.1. The Hall–Kier alpha value is -2.63. The highest BCUT2D eigenvalue weighted by Gasteiger charge is 2.19. The Morgan fingerprint density at radius 3 is 3.00 bits per heavy atom. The first-order valence-corrected chi connectivity index (χ1v) is 7.21. The first-order chi connectivity index (χ1) is 10.6. The number of carbonyl (C=O) groups excluding carboxylic acids is 1. The molecule has 6 heteroatoms. The van der Waals surface area contributed by atoms with Gasteiger partial charge in [0.05, 0.1) is 12.1 Å². The minimum atomic E-state index is -0.0920. The van der Waals surface area contributed by atoms with Crippen molar-refractivity contribution in [1.82, 2.24) is 19.7 Å². The van der Waals surface area contributed by atoms with E-state index < -0.39 is 0 Å². The molecule has 3 rings (SSSR count). The molecule has 0 spiro atoms. The van der Waals surface area contributed by atoms with Crippen LogP contribution in [0.4, 0.5) is 0 Å². The summed E-state index contributed by atoms with van der Waals surface area (Å²) in [5.74, 6) is 1.47. The molecule has 0 aliphatic heterocycles. The van der Waals surface area contributed by atoms with Crippen molar-refractivity contribution in [3.05, 3.63) is 47.7 Å². The van der Waals surface area contributed by atoms with E-state index in [0.717, 1.165) is 23.5 Å². The first kappa shape index (κ1) is 14.3. The molecule has 0 bridgehead atoms. The molecule has 0 saturated heterocycles. The Kier molecular flexibility index (Phi) is 3.66. The highest BCUT2D eigenvalue weighted by atomic mass is 16.3. The summed E-state index contributed by atoms with van der Waals surface area (Å²) in [6.45, 7) is 5.07. The predicted octanol–water partition coefficient (Wildman–Crippen LogP) is 2.62. The van der Waals surface area contributed by atoms with Crippen LogP contribution in [0.15, 0.2) is 35.0 Å². The zero-order chi connectivity index (χ0) is 15.7. The monoisotopic (exact) mass is 298 g/mol. The fraction of sp³-hybridized carbons (Fsp3) is 0.312. The SMILES string of the molecule is CCn1cnnc1CN(C)C(=O)c1cccc2cc(C)oc12. The van der Waals surface area contributed by atoms with Crippen LogP contribution in [0.3, 0.4) is 0 Å². The molecule has 0 radical (unpaired) electrons. The number of hydrogen-bond acceptors (Lipinski definition) is 4. The molecule has 0 aliphatic rings. The van der Waals surface area contributed by atoms with E-state index in [1.807, 2.05) is 36.6 Å². The maximum atomic E-state index is 12.7. The van der Waals surface area contributed by atoms with Gasteiger partial charge in [-0.1, -0.05) is 12.1 Å². The van der Waals surface area contributed by atoms with Crippen LogP contribution < -0.4 is 0 Å². The van der Waals surface area contributed by atoms with Gasteiger partial charge in [-0.05, 0) is 26.0 Å². The first-order valence-electron chi connectivity index (χ1n) is 7.21. The van der Waals surface area contributed by atoms with Crippen LogP contribution in [0.1, 0.15) is 28.9 Å². The molecular formula is C16H18N4O2. The number of aromatic nitrogens is 3. The molecule has 0 fully saturated rings. The van der Waals surface area contributed by atoms with E-state index >= 15 is 0 Å². The van der Waals surface area contributed by atoms with Gasteiger partial charge < -0.3 is 13.9 Å². The zero-order valence-corrected chi connectivity index (χ0v) is 12.9. The smallest absolute Gasteiger partial charge is 0.257 e. The Morgan fingerprint density at radius 2 is 2.23 bits per heavy atom. The summed E-state index contributed by atoms with van der Waals surface area (Å²) in [6, 6.07) is 7.53. The third-order valence-electron chi connectivity index (χ3n) is 3.66. The zero-order valence-electron chi connectivity index (χ0n) is 12.9. The summed E-state index contributed by atoms with van der Waals surface area (Å²) in [7, 11) is 1.76. The average molecular weight is 298 g/mol. The minimum Gasteiger partial charge on any atom is -0.461 e. The lowest BCUT2D eigenvalue weighted by molar-refractivity contribution is 0.0781. The second-order valence-corrected chi connectivity index (χ2v) is 5.28. The van der Waals surface area contributed by atoms with E-state index in [1.165, 1.54) is 0 Å². The molecule has 0 saturated carbocycles. The van der Waals surface area contributed by atoms with Crippen LogP contribution >= 0.6 is 0 Å². The average Bonchev–Trinajstić information content (AvgIpc) is 3.10. The molecule has 2 heterocycles. The van der Waals surface area contributed by atoms with Gasteiger partial charge in [0.1, 0.15) is 17.7 Å². The van der Waals surface area contributed by atoms with E-state index in [-0.39, 0.29) is 5.91 Å². The van der Waals surface area contributed by atoms with Crippen molar-refractivity contribution in [2.45, 2.75) is 26.9 Å². The Morgan fingerprint density at radius 1 is 1.41 bits per heavy atom. The van der Waals surface area contributed by atoms with E-state index in [2.05, 4.69) is 10.2 Å². The van der Waals surface area contributed by atoms with Crippen molar-refractivity contribution in [2.24, 2.45) is 0 Å². The van der Waals surface area contributed by atoms with E-state index in [0.29, 0.717) is 17.7 Å². The summed E-state index contributed by atoms with van der Waals surface area (Å²) in [5.41, 5.74) is 1.20. The minimum absolute atomic E-state index is 0.0920. The number of benzene rings is 1. The summed E-state index contributed by atoms with van der Waals surface area (Å²) < 4.78 is 7.59. The maximum absolute atomic E-state index is 12.7. The quantitative estimate of drug-likeness (QED) is 0.742. The van der Waals surface area contributed by atoms with Crippen molar-refractivity contribution in [2.75, 3.05) is 7.05 Å². The molecule has 0 N–H and O–H groups in total. The Balaban J connectivity index is 1.89. The van der Waals surface area contributed by atoms with E-state index in [1.54, 1.807) is 24.3 Å². The van der Waals surface area contributed by atoms with Crippen molar-refractivity contribution in [1.29, 1.82) is 0 Å². The van der Waals surface area contributed by atoms with Crippen molar-refractivity contribution in [3.63, 3.8) is 0 Å². The topological polar surface area (TPSA) is 64.2 Å². The standard InChI is InChI=1S/C16H18N4O2/c1-4-20-10-17-18-14(20)9-19(3)16(21)13-7-5-6-12-8-11(2)22-15(12)13/h5-8,10H,4,9H2,1-3H3. The summed E-state index contributed by atoms with van der Waals surface area (Å²) in [4.78, 5) is 14.3. The van der Waals surface area contributed by atoms with Gasteiger partial charge in [-0.3, -0.25) is 4.79 Å². The van der Waals surface area contributed by atoms with Gasteiger partial charge in [0, 0.05) is 19.0 Å². The van der Waals surface area contributed by atoms with Crippen LogP contribution in [0.25, 0.3) is 11.0 Å². The Labute approximate surface area is 128 Å². The van der Waals surface area contributed by atoms with Crippen LogP contribution in [-0.4, -0.2) is 32.6 Å². The highest BCUT2D eigenvalue weighted by Crippen LogP contribution is 2.23. The molecule has 22 heavy (non-hydrogen) atoms. The van der Waals surface area contributed by atoms with Crippen LogP contribution in [0.5, 0.6) is 0 Å². The number of amides is 1. The molecule has 114 valence electrons. The van der Waals surface area contributed by atoms with Gasteiger partial charge in [-0.15, -0.1) is 10.2 Å². The summed E-state index contributed by atoms with van der Waals surface area (Å²) >= 11 is 0. The van der Waals surface area contributed by atoms with Crippen molar-refractivity contribution < 1.29 is 9.21 Å². The number of rotatable bonds is 4. The lowest BCUT2D eigenvalue weighted by Crippen LogP contribution is -2.27. The summed E-state index contributed by atoms with van der Waals surface area (Å²) in [6.07, 6.45) is 1.67. The molecule has 2 aromatic heterocycles. The highest BCUT2D eigenvalue weighted by molar-refractivity contribution is 6.04. The van der Waals surface area contributed by atoms with E-state index in [9.17, 15) is 4.79 Å². The molecular weight excluding hydrogens is 280 g/mol. The molecule has 1 amide bonds. The van der Waals surface area contributed by atoms with Gasteiger partial charge >= 0.3 is 0 Å². The van der Waals surface area contributed by atoms with Gasteiger partial charge in [0.2, 0.25) is 0 Å². The number of para-hydroxylation sites is 1. The lowest BCUT2D eigenvalue weighted by Gasteiger charge is -2.17. The third kappa shape index (κ3) is 2.47. The fourth-order valence-corrected chi connectivity index (χ4v) is 2.52. The van der Waals surface area contributed by atoms with E-state index in [4.69, 9.17) is 4.42 Å². The van der Waals surface area contributed by atoms with Crippen LogP contribution in [-0.2, 0) is 13.1 Å². The fourth-order valence-electron chi connectivity index (χ4n) is 2.52. The number of aryl methyl sites for hydroxylation is 2. The maximum Gasteiger partial charge on any atom is 0.257 e. The molecule has 0 aliphatic carbocycles. The molecule has 3 aromatic rings. The van der Waals surface area contributed by atoms with Gasteiger partial charge in [0.25, 0.3) is 5.91 Å². The van der Waals surface area contributed by atoms with Gasteiger partial charge in [0.15, 0.2) is 5.82 Å². The third-order valence-corrected chi connectivity index (χ3v) is 3.66. The number of hydrogen-bond donors (Lipinski definition) is 0. The number of nitrogens with zero attached hydrogens (tertiary/aromatic N) is 4. The second kappa shape index (κ2) is 5.63. The number of furan rings is 1. The Bertz CT molecular complexity index is 819. The molecule has 1 aromatic carbocycles. The molecule has 0 atom stereocenters. The number of carbonyl (C=O) groups is 1. The van der Waals surface area contributed by atoms with Crippen LogP contribution in [0.2, 0.25) is 0 Å². The number of fused-ring (bicyclic) bond motifs is 1. The largest absolute Gasteiger partial charge is 0.461 e.